The maximum Gasteiger partial charge on any atom is 0.244 e. The summed E-state index contributed by atoms with van der Waals surface area (Å²) in [5.74, 6) is -1.94. The lowest BCUT2D eigenvalue weighted by Crippen LogP contribution is -2.34. The summed E-state index contributed by atoms with van der Waals surface area (Å²) in [7, 11) is -4.00. The molecule has 1 N–H and O–H groups in total. The van der Waals surface area contributed by atoms with E-state index in [2.05, 4.69) is 20.7 Å². The van der Waals surface area contributed by atoms with Gasteiger partial charge in [0.1, 0.15) is 16.5 Å². The molecule has 0 aromatic heterocycles. The van der Waals surface area contributed by atoms with Crippen molar-refractivity contribution in [2.24, 2.45) is 0 Å². The Morgan fingerprint density at radius 1 is 1.28 bits per heavy atom. The Morgan fingerprint density at radius 3 is 2.28 bits per heavy atom. The number of halogens is 3. The van der Waals surface area contributed by atoms with Crippen molar-refractivity contribution in [2.75, 3.05) is 0 Å². The molecule has 0 atom stereocenters. The van der Waals surface area contributed by atoms with Crippen molar-refractivity contribution in [3.63, 3.8) is 0 Å². The smallest absolute Gasteiger partial charge is 0.208 e. The standard InChI is InChI=1S/C11H14BrF2NO2S/c1-3-8(4-2)15-18(16,17)11-9(12)5-7(13)6-10(11)14/h5-6,8,15H,3-4H2,1-2H3. The van der Waals surface area contributed by atoms with Crippen LogP contribution >= 0.6 is 15.9 Å². The van der Waals surface area contributed by atoms with E-state index in [0.29, 0.717) is 18.9 Å². The number of hydrogen-bond acceptors (Lipinski definition) is 2. The molecule has 7 heteroatoms. The van der Waals surface area contributed by atoms with Gasteiger partial charge in [0.15, 0.2) is 0 Å². The van der Waals surface area contributed by atoms with Gasteiger partial charge in [-0.05, 0) is 34.8 Å². The zero-order chi connectivity index (χ0) is 13.9. The second-order valence-electron chi connectivity index (χ2n) is 3.83. The quantitative estimate of drug-likeness (QED) is 0.893. The van der Waals surface area contributed by atoms with Crippen LogP contribution < -0.4 is 4.72 Å². The number of sulfonamides is 1. The number of rotatable bonds is 5. The molecule has 0 saturated heterocycles. The highest BCUT2D eigenvalue weighted by atomic mass is 79.9. The summed E-state index contributed by atoms with van der Waals surface area (Å²) >= 11 is 2.87. The van der Waals surface area contributed by atoms with E-state index in [0.717, 1.165) is 6.07 Å². The van der Waals surface area contributed by atoms with Gasteiger partial charge in [0.25, 0.3) is 0 Å². The van der Waals surface area contributed by atoms with Crippen molar-refractivity contribution < 1.29 is 17.2 Å². The van der Waals surface area contributed by atoms with Crippen LogP contribution in [0.15, 0.2) is 21.5 Å². The Kier molecular flexibility index (Phi) is 5.24. The number of nitrogens with one attached hydrogen (secondary N) is 1. The highest BCUT2D eigenvalue weighted by molar-refractivity contribution is 9.10. The van der Waals surface area contributed by atoms with E-state index in [9.17, 15) is 17.2 Å². The molecule has 0 saturated carbocycles. The lowest BCUT2D eigenvalue weighted by atomic mass is 10.2. The summed E-state index contributed by atoms with van der Waals surface area (Å²) in [6.07, 6.45) is 1.19. The van der Waals surface area contributed by atoms with Crippen LogP contribution in [-0.4, -0.2) is 14.5 Å². The predicted octanol–water partition coefficient (Wildman–Crippen LogP) is 3.19. The van der Waals surface area contributed by atoms with Crippen LogP contribution in [0.25, 0.3) is 0 Å². The van der Waals surface area contributed by atoms with Gasteiger partial charge in [-0.3, -0.25) is 0 Å². The molecule has 0 amide bonds. The molecule has 0 fully saturated rings. The zero-order valence-corrected chi connectivity index (χ0v) is 12.4. The summed E-state index contributed by atoms with van der Waals surface area (Å²) in [5.41, 5.74) is 0. The molecule has 1 aromatic carbocycles. The van der Waals surface area contributed by atoms with Crippen molar-refractivity contribution >= 4 is 26.0 Å². The van der Waals surface area contributed by atoms with Crippen LogP contribution in [0, 0.1) is 11.6 Å². The molecule has 0 aliphatic rings. The largest absolute Gasteiger partial charge is 0.244 e. The molecule has 0 spiro atoms. The molecule has 0 radical (unpaired) electrons. The molecule has 0 aliphatic carbocycles. The molecule has 3 nitrogen and oxygen atoms in total. The minimum absolute atomic E-state index is 0.126. The van der Waals surface area contributed by atoms with E-state index in [-0.39, 0.29) is 10.5 Å². The van der Waals surface area contributed by atoms with Gasteiger partial charge in [-0.25, -0.2) is 21.9 Å². The third-order valence-electron chi connectivity index (χ3n) is 2.54. The topological polar surface area (TPSA) is 46.2 Å². The van der Waals surface area contributed by atoms with Crippen molar-refractivity contribution in [1.29, 1.82) is 0 Å². The molecule has 0 unspecified atom stereocenters. The van der Waals surface area contributed by atoms with Crippen LogP contribution in [0.3, 0.4) is 0 Å². The fraction of sp³-hybridized carbons (Fsp3) is 0.455. The number of benzene rings is 1. The van der Waals surface area contributed by atoms with Gasteiger partial charge in [-0.15, -0.1) is 0 Å². The molecule has 102 valence electrons. The maximum atomic E-state index is 13.6. The van der Waals surface area contributed by atoms with Crippen molar-refractivity contribution in [3.8, 4) is 0 Å². The first-order valence-corrected chi connectivity index (χ1v) is 7.76. The second kappa shape index (κ2) is 6.08. The van der Waals surface area contributed by atoms with E-state index >= 15 is 0 Å². The third-order valence-corrected chi connectivity index (χ3v) is 5.02. The minimum atomic E-state index is -4.00. The molecule has 0 heterocycles. The Hall–Kier alpha value is -0.530. The summed E-state index contributed by atoms with van der Waals surface area (Å²) in [5, 5.41) is 0. The van der Waals surface area contributed by atoms with Crippen LogP contribution in [0.4, 0.5) is 8.78 Å². The maximum absolute atomic E-state index is 13.6. The SMILES string of the molecule is CCC(CC)NS(=O)(=O)c1c(F)cc(F)cc1Br. The predicted molar refractivity (Wildman–Crippen MR) is 68.7 cm³/mol. The lowest BCUT2D eigenvalue weighted by Gasteiger charge is -2.16. The first kappa shape index (κ1) is 15.5. The highest BCUT2D eigenvalue weighted by Gasteiger charge is 2.25. The number of hydrogen-bond donors (Lipinski definition) is 1. The van der Waals surface area contributed by atoms with E-state index in [4.69, 9.17) is 0 Å². The fourth-order valence-corrected chi connectivity index (χ4v) is 4.09. The Bertz CT molecular complexity index is 507. The van der Waals surface area contributed by atoms with Crippen molar-refractivity contribution in [2.45, 2.75) is 37.6 Å². The molecular weight excluding hydrogens is 328 g/mol. The van der Waals surface area contributed by atoms with Gasteiger partial charge in [0.2, 0.25) is 10.0 Å². The van der Waals surface area contributed by atoms with E-state index < -0.39 is 26.6 Å². The van der Waals surface area contributed by atoms with Gasteiger partial charge in [-0.1, -0.05) is 13.8 Å². The Balaban J connectivity index is 3.21. The highest BCUT2D eigenvalue weighted by Crippen LogP contribution is 2.26. The van der Waals surface area contributed by atoms with E-state index in [1.165, 1.54) is 0 Å². The monoisotopic (exact) mass is 341 g/mol. The Labute approximate surface area is 114 Å². The molecule has 0 bridgehead atoms. The van der Waals surface area contributed by atoms with Gasteiger partial charge in [0.05, 0.1) is 0 Å². The van der Waals surface area contributed by atoms with Crippen LogP contribution in [0.5, 0.6) is 0 Å². The van der Waals surface area contributed by atoms with E-state index in [1.54, 1.807) is 0 Å². The summed E-state index contributed by atoms with van der Waals surface area (Å²) < 4.78 is 52.8. The fourth-order valence-electron chi connectivity index (χ4n) is 1.52. The second-order valence-corrected chi connectivity index (χ2v) is 6.34. The van der Waals surface area contributed by atoms with Gasteiger partial charge in [0, 0.05) is 16.6 Å². The normalized spacial score (nSPS) is 12.1. The van der Waals surface area contributed by atoms with Gasteiger partial charge >= 0.3 is 0 Å². The summed E-state index contributed by atoms with van der Waals surface area (Å²) in [6, 6.07) is 1.20. The average Bonchev–Trinajstić information content (AvgIpc) is 2.23. The van der Waals surface area contributed by atoms with Gasteiger partial charge in [-0.2, -0.15) is 0 Å². The molecule has 1 rings (SSSR count). The van der Waals surface area contributed by atoms with Crippen molar-refractivity contribution in [1.82, 2.24) is 4.72 Å². The average molecular weight is 342 g/mol. The van der Waals surface area contributed by atoms with Crippen LogP contribution in [0.2, 0.25) is 0 Å². The van der Waals surface area contributed by atoms with Crippen LogP contribution in [0.1, 0.15) is 26.7 Å². The molecule has 0 aliphatic heterocycles. The molecule has 18 heavy (non-hydrogen) atoms. The Morgan fingerprint density at radius 2 is 1.83 bits per heavy atom. The first-order chi connectivity index (χ1) is 8.31. The summed E-state index contributed by atoms with van der Waals surface area (Å²) in [6.45, 7) is 3.65. The van der Waals surface area contributed by atoms with Crippen molar-refractivity contribution in [3.05, 3.63) is 28.2 Å². The van der Waals surface area contributed by atoms with Crippen LogP contribution in [-0.2, 0) is 10.0 Å². The van der Waals surface area contributed by atoms with Gasteiger partial charge < -0.3 is 0 Å². The first-order valence-electron chi connectivity index (χ1n) is 5.48. The minimum Gasteiger partial charge on any atom is -0.208 e. The third kappa shape index (κ3) is 3.49. The molecule has 1 aromatic rings. The van der Waals surface area contributed by atoms with E-state index in [1.807, 2.05) is 13.8 Å². The lowest BCUT2D eigenvalue weighted by molar-refractivity contribution is 0.515. The molecular formula is C11H14BrF2NO2S. The zero-order valence-electron chi connectivity index (χ0n) is 10.0. The summed E-state index contributed by atoms with van der Waals surface area (Å²) in [4.78, 5) is -0.559.